The second-order valence-corrected chi connectivity index (χ2v) is 9.34. The van der Waals surface area contributed by atoms with Gasteiger partial charge in [-0.3, -0.25) is 14.7 Å². The van der Waals surface area contributed by atoms with Crippen molar-refractivity contribution < 1.29 is 19.1 Å². The Morgan fingerprint density at radius 1 is 1.15 bits per heavy atom. The maximum atomic E-state index is 12.8. The van der Waals surface area contributed by atoms with Gasteiger partial charge in [-0.2, -0.15) is 0 Å². The minimum atomic E-state index is -0.631. The van der Waals surface area contributed by atoms with Crippen LogP contribution in [0.5, 0.6) is 5.75 Å². The van der Waals surface area contributed by atoms with Crippen molar-refractivity contribution in [1.29, 1.82) is 0 Å². The number of nitrogens with one attached hydrogen (secondary N) is 2. The Hall–Kier alpha value is -3.33. The van der Waals surface area contributed by atoms with Crippen LogP contribution in [0.25, 0.3) is 10.2 Å². The van der Waals surface area contributed by atoms with Gasteiger partial charge in [-0.05, 0) is 56.8 Å². The first-order valence-electron chi connectivity index (χ1n) is 10.7. The number of fused-ring (bicyclic) bond motifs is 1. The molecule has 0 aliphatic heterocycles. The van der Waals surface area contributed by atoms with E-state index in [1.54, 1.807) is 52.3 Å². The highest BCUT2D eigenvalue weighted by Gasteiger charge is 2.23. The number of rotatable bonds is 8. The first-order valence-corrected chi connectivity index (χ1v) is 11.6. The van der Waals surface area contributed by atoms with Crippen LogP contribution in [0.15, 0.2) is 41.9 Å². The predicted molar refractivity (Wildman–Crippen MR) is 132 cm³/mol. The van der Waals surface area contributed by atoms with E-state index in [1.807, 2.05) is 35.7 Å². The minimum absolute atomic E-state index is 0.119. The molecule has 0 aliphatic carbocycles. The van der Waals surface area contributed by atoms with E-state index in [0.29, 0.717) is 18.8 Å². The van der Waals surface area contributed by atoms with Crippen molar-refractivity contribution in [2.24, 2.45) is 0 Å². The Morgan fingerprint density at radius 2 is 1.88 bits per heavy atom. The molecule has 0 atom stereocenters. The van der Waals surface area contributed by atoms with E-state index in [-0.39, 0.29) is 12.5 Å². The molecule has 2 amide bonds. The first-order chi connectivity index (χ1) is 15.7. The lowest BCUT2D eigenvalue weighted by Gasteiger charge is -2.26. The molecule has 176 valence electrons. The van der Waals surface area contributed by atoms with Crippen molar-refractivity contribution in [2.75, 3.05) is 30.8 Å². The summed E-state index contributed by atoms with van der Waals surface area (Å²) in [5.74, 6) is 0.467. The molecule has 0 aliphatic rings. The normalized spacial score (nSPS) is 11.2. The van der Waals surface area contributed by atoms with Gasteiger partial charge >= 0.3 is 6.09 Å². The zero-order valence-electron chi connectivity index (χ0n) is 19.6. The molecule has 0 saturated carbocycles. The molecule has 3 rings (SSSR count). The summed E-state index contributed by atoms with van der Waals surface area (Å²) in [5, 5.41) is 8.30. The fourth-order valence-electron chi connectivity index (χ4n) is 3.11. The van der Waals surface area contributed by atoms with Crippen molar-refractivity contribution in [3.8, 4) is 5.75 Å². The Balaban J connectivity index is 1.75. The largest absolute Gasteiger partial charge is 0.497 e. The fraction of sp³-hybridized carbons (Fsp3) is 0.375. The van der Waals surface area contributed by atoms with Crippen LogP contribution in [0.4, 0.5) is 16.2 Å². The van der Waals surface area contributed by atoms with Gasteiger partial charge in [-0.1, -0.05) is 12.1 Å². The lowest BCUT2D eigenvalue weighted by molar-refractivity contribution is -0.117. The summed E-state index contributed by atoms with van der Waals surface area (Å²) in [7, 11) is 1.63. The summed E-state index contributed by atoms with van der Waals surface area (Å²) in [6.07, 6.45) is 1.11. The van der Waals surface area contributed by atoms with Gasteiger partial charge in [-0.15, -0.1) is 11.3 Å². The number of nitrogens with zero attached hydrogens (tertiary/aromatic N) is 2. The van der Waals surface area contributed by atoms with E-state index in [0.717, 1.165) is 27.2 Å². The number of methoxy groups -OCH3 is 1. The molecule has 0 unspecified atom stereocenters. The number of amides is 2. The van der Waals surface area contributed by atoms with E-state index >= 15 is 0 Å². The van der Waals surface area contributed by atoms with Crippen LogP contribution >= 0.6 is 11.3 Å². The number of hydrogen-bond donors (Lipinski definition) is 2. The number of benzene rings is 1. The highest BCUT2D eigenvalue weighted by Crippen LogP contribution is 2.34. The predicted octanol–water partition coefficient (Wildman–Crippen LogP) is 5.11. The Bertz CT molecular complexity index is 1110. The van der Waals surface area contributed by atoms with Crippen LogP contribution in [0.2, 0.25) is 0 Å². The average Bonchev–Trinajstić information content (AvgIpc) is 3.24. The van der Waals surface area contributed by atoms with Gasteiger partial charge in [0.2, 0.25) is 5.91 Å². The third kappa shape index (κ3) is 6.58. The summed E-state index contributed by atoms with van der Waals surface area (Å²) in [4.78, 5) is 31.0. The highest BCUT2D eigenvalue weighted by atomic mass is 32.1. The lowest BCUT2D eigenvalue weighted by Crippen LogP contribution is -2.41. The summed E-state index contributed by atoms with van der Waals surface area (Å²) in [5.41, 5.74) is 2.63. The number of anilines is 2. The summed E-state index contributed by atoms with van der Waals surface area (Å²) < 4.78 is 11.6. The smallest absolute Gasteiger partial charge is 0.410 e. The minimum Gasteiger partial charge on any atom is -0.497 e. The number of likely N-dealkylation sites (N-methyl/N-ethyl adjacent to an activating group) is 1. The molecule has 3 aromatic rings. The monoisotopic (exact) mass is 470 g/mol. The number of thiophene rings is 1. The van der Waals surface area contributed by atoms with Gasteiger partial charge in [0, 0.05) is 13.1 Å². The molecule has 8 nitrogen and oxygen atoms in total. The molecule has 9 heteroatoms. The van der Waals surface area contributed by atoms with E-state index < -0.39 is 11.7 Å². The van der Waals surface area contributed by atoms with Gasteiger partial charge < -0.3 is 20.1 Å². The van der Waals surface area contributed by atoms with E-state index in [9.17, 15) is 9.59 Å². The van der Waals surface area contributed by atoms with E-state index in [2.05, 4.69) is 15.6 Å². The number of ether oxygens (including phenoxy) is 2. The SMILES string of the molecule is CCN(CC(=O)Nc1cnc2ccsc2c1NCc1ccc(OC)cc1)C(=O)OC(C)(C)C. The van der Waals surface area contributed by atoms with E-state index in [4.69, 9.17) is 9.47 Å². The molecule has 2 N–H and O–H groups in total. The van der Waals surface area contributed by atoms with Crippen molar-refractivity contribution in [3.63, 3.8) is 0 Å². The zero-order chi connectivity index (χ0) is 24.0. The number of carbonyl (C=O) groups is 2. The molecule has 1 aromatic carbocycles. The summed E-state index contributed by atoms with van der Waals surface area (Å²) in [6, 6.07) is 9.71. The van der Waals surface area contributed by atoms with Crippen molar-refractivity contribution in [2.45, 2.75) is 39.8 Å². The third-order valence-corrected chi connectivity index (χ3v) is 5.67. The Morgan fingerprint density at radius 3 is 2.52 bits per heavy atom. The topological polar surface area (TPSA) is 92.8 Å². The van der Waals surface area contributed by atoms with Crippen LogP contribution in [0.1, 0.15) is 33.3 Å². The Kier molecular flexibility index (Phi) is 7.75. The van der Waals surface area contributed by atoms with Crippen LogP contribution in [0, 0.1) is 0 Å². The van der Waals surface area contributed by atoms with Crippen LogP contribution in [0.3, 0.4) is 0 Å². The van der Waals surface area contributed by atoms with Crippen LogP contribution in [-0.2, 0) is 16.1 Å². The Labute approximate surface area is 197 Å². The van der Waals surface area contributed by atoms with Gasteiger partial charge in [0.1, 0.15) is 17.9 Å². The van der Waals surface area contributed by atoms with Crippen molar-refractivity contribution >= 4 is 44.9 Å². The number of aromatic nitrogens is 1. The van der Waals surface area contributed by atoms with Gasteiger partial charge in [0.05, 0.1) is 34.9 Å². The van der Waals surface area contributed by atoms with Crippen molar-refractivity contribution in [1.82, 2.24) is 9.88 Å². The highest BCUT2D eigenvalue weighted by molar-refractivity contribution is 7.17. The number of carbonyl (C=O) groups excluding carboxylic acids is 2. The van der Waals surface area contributed by atoms with Gasteiger partial charge in [-0.25, -0.2) is 4.79 Å². The molecule has 0 spiro atoms. The van der Waals surface area contributed by atoms with E-state index in [1.165, 1.54) is 4.90 Å². The molecule has 2 heterocycles. The van der Waals surface area contributed by atoms with Crippen molar-refractivity contribution in [3.05, 3.63) is 47.5 Å². The number of pyridine rings is 1. The molecule has 33 heavy (non-hydrogen) atoms. The maximum absolute atomic E-state index is 12.8. The summed E-state index contributed by atoms with van der Waals surface area (Å²) in [6.45, 7) is 7.98. The summed E-state index contributed by atoms with van der Waals surface area (Å²) >= 11 is 1.55. The molecule has 0 bridgehead atoms. The molecule has 0 fully saturated rings. The standard InChI is InChI=1S/C24H30N4O4S/c1-6-28(23(30)32-24(2,3)4)15-20(29)27-19-14-25-18-11-12-33-22(18)21(19)26-13-16-7-9-17(31-5)10-8-16/h7-12,14H,6,13,15H2,1-5H3,(H,25,26)(H,27,29). The molecule has 2 aromatic heterocycles. The second kappa shape index (κ2) is 10.5. The molecule has 0 radical (unpaired) electrons. The quantitative estimate of drug-likeness (QED) is 0.475. The third-order valence-electron chi connectivity index (χ3n) is 4.74. The fourth-order valence-corrected chi connectivity index (χ4v) is 3.99. The van der Waals surface area contributed by atoms with Crippen LogP contribution in [-0.4, -0.2) is 47.7 Å². The number of hydrogen-bond acceptors (Lipinski definition) is 7. The van der Waals surface area contributed by atoms with Crippen LogP contribution < -0.4 is 15.4 Å². The lowest BCUT2D eigenvalue weighted by atomic mass is 10.2. The van der Waals surface area contributed by atoms with Gasteiger partial charge in [0.25, 0.3) is 0 Å². The average molecular weight is 471 g/mol. The molecular weight excluding hydrogens is 440 g/mol. The zero-order valence-corrected chi connectivity index (χ0v) is 20.4. The second-order valence-electron chi connectivity index (χ2n) is 8.43. The molecule has 0 saturated heterocycles. The molecular formula is C24H30N4O4S. The maximum Gasteiger partial charge on any atom is 0.410 e. The first kappa shape index (κ1) is 24.3. The van der Waals surface area contributed by atoms with Gasteiger partial charge in [0.15, 0.2) is 0 Å².